The minimum atomic E-state index is -0.0783. The molecule has 0 radical (unpaired) electrons. The lowest BCUT2D eigenvalue weighted by atomic mass is 10.1. The minimum absolute atomic E-state index is 0.0783. The maximum absolute atomic E-state index is 13.1. The van der Waals surface area contributed by atoms with Gasteiger partial charge in [0.15, 0.2) is 16.5 Å². The van der Waals surface area contributed by atoms with Gasteiger partial charge in [-0.25, -0.2) is 9.38 Å². The number of aromatic nitrogens is 2. The SMILES string of the molecule is COc1cc(C=c2sc3nc4ccccc4n3c2=O)cc(Br)c1OCc1ccc2ccccc2c1. The van der Waals surface area contributed by atoms with Crippen molar-refractivity contribution in [3.8, 4) is 11.5 Å². The Kier molecular flexibility index (Phi) is 5.51. The second-order valence-electron chi connectivity index (χ2n) is 8.14. The van der Waals surface area contributed by atoms with Crippen molar-refractivity contribution in [2.24, 2.45) is 0 Å². The van der Waals surface area contributed by atoms with Gasteiger partial charge in [-0.1, -0.05) is 59.9 Å². The maximum Gasteiger partial charge on any atom is 0.274 e. The van der Waals surface area contributed by atoms with E-state index in [4.69, 9.17) is 9.47 Å². The van der Waals surface area contributed by atoms with Crippen LogP contribution in [0.5, 0.6) is 11.5 Å². The van der Waals surface area contributed by atoms with Crippen LogP contribution < -0.4 is 19.6 Å². The summed E-state index contributed by atoms with van der Waals surface area (Å²) in [6, 6.07) is 26.0. The second kappa shape index (κ2) is 8.83. The molecule has 0 aliphatic carbocycles. The normalized spacial score (nSPS) is 12.1. The fourth-order valence-electron chi connectivity index (χ4n) is 4.21. The Bertz CT molecular complexity index is 1840. The molecule has 0 aliphatic heterocycles. The Hall–Kier alpha value is -3.68. The zero-order valence-electron chi connectivity index (χ0n) is 18.7. The summed E-state index contributed by atoms with van der Waals surface area (Å²) in [5, 5.41) is 2.37. The number of fused-ring (bicyclic) bond motifs is 4. The Morgan fingerprint density at radius 2 is 1.80 bits per heavy atom. The van der Waals surface area contributed by atoms with Gasteiger partial charge in [0.05, 0.1) is 27.1 Å². The van der Waals surface area contributed by atoms with Gasteiger partial charge in [-0.15, -0.1) is 0 Å². The Morgan fingerprint density at radius 1 is 1.00 bits per heavy atom. The summed E-state index contributed by atoms with van der Waals surface area (Å²) in [4.78, 5) is 18.4. The van der Waals surface area contributed by atoms with Gasteiger partial charge in [0, 0.05) is 0 Å². The molecule has 4 aromatic carbocycles. The minimum Gasteiger partial charge on any atom is -0.493 e. The number of halogens is 1. The molecule has 0 aliphatic rings. The summed E-state index contributed by atoms with van der Waals surface area (Å²) in [5.41, 5.74) is 3.46. The van der Waals surface area contributed by atoms with E-state index < -0.39 is 0 Å². The molecule has 0 bridgehead atoms. The van der Waals surface area contributed by atoms with Crippen LogP contribution in [0, 0.1) is 0 Å². The number of nitrogens with zero attached hydrogens (tertiary/aromatic N) is 2. The molecule has 5 nitrogen and oxygen atoms in total. The first-order chi connectivity index (χ1) is 17.1. The van der Waals surface area contributed by atoms with Gasteiger partial charge in [0.25, 0.3) is 5.56 Å². The molecule has 6 rings (SSSR count). The van der Waals surface area contributed by atoms with E-state index in [1.54, 1.807) is 11.5 Å². The fourth-order valence-corrected chi connectivity index (χ4v) is 5.77. The van der Waals surface area contributed by atoms with Gasteiger partial charge >= 0.3 is 0 Å². The van der Waals surface area contributed by atoms with E-state index in [1.165, 1.54) is 22.1 Å². The predicted molar refractivity (Wildman–Crippen MR) is 145 cm³/mol. The Morgan fingerprint density at radius 3 is 2.66 bits per heavy atom. The molecule has 0 unspecified atom stereocenters. The average molecular weight is 543 g/mol. The number of imidazole rings is 1. The molecular weight excluding hydrogens is 524 g/mol. The average Bonchev–Trinajstić information content (AvgIpc) is 3.38. The number of hydrogen-bond donors (Lipinski definition) is 0. The first-order valence-corrected chi connectivity index (χ1v) is 12.6. The van der Waals surface area contributed by atoms with Crippen LogP contribution in [-0.2, 0) is 6.61 Å². The molecule has 172 valence electrons. The quantitative estimate of drug-likeness (QED) is 0.269. The van der Waals surface area contributed by atoms with Crippen molar-refractivity contribution >= 4 is 60.1 Å². The Balaban J connectivity index is 1.33. The number of hydrogen-bond acceptors (Lipinski definition) is 5. The molecule has 0 spiro atoms. The van der Waals surface area contributed by atoms with Gasteiger partial charge in [-0.3, -0.25) is 4.79 Å². The number of methoxy groups -OCH3 is 1. The zero-order chi connectivity index (χ0) is 23.9. The van der Waals surface area contributed by atoms with Crippen LogP contribution in [0.25, 0.3) is 32.8 Å². The van der Waals surface area contributed by atoms with Gasteiger partial charge in [0.2, 0.25) is 0 Å². The van der Waals surface area contributed by atoms with Gasteiger partial charge in [-0.05, 0) is 74.2 Å². The van der Waals surface area contributed by atoms with E-state index in [2.05, 4.69) is 51.2 Å². The summed E-state index contributed by atoms with van der Waals surface area (Å²) < 4.78 is 14.8. The molecule has 0 amide bonds. The second-order valence-corrected chi connectivity index (χ2v) is 10.0. The van der Waals surface area contributed by atoms with Crippen molar-refractivity contribution < 1.29 is 9.47 Å². The highest BCUT2D eigenvalue weighted by Gasteiger charge is 2.14. The van der Waals surface area contributed by atoms with Crippen LogP contribution in [0.4, 0.5) is 0 Å². The smallest absolute Gasteiger partial charge is 0.274 e. The highest BCUT2D eigenvalue weighted by Crippen LogP contribution is 2.37. The van der Waals surface area contributed by atoms with E-state index in [0.29, 0.717) is 27.6 Å². The molecule has 7 heteroatoms. The van der Waals surface area contributed by atoms with Crippen LogP contribution in [0.2, 0.25) is 0 Å². The highest BCUT2D eigenvalue weighted by molar-refractivity contribution is 9.10. The lowest BCUT2D eigenvalue weighted by Gasteiger charge is -2.14. The summed E-state index contributed by atoms with van der Waals surface area (Å²) >= 11 is 5.00. The van der Waals surface area contributed by atoms with E-state index >= 15 is 0 Å². The van der Waals surface area contributed by atoms with Crippen LogP contribution in [-0.4, -0.2) is 16.5 Å². The van der Waals surface area contributed by atoms with E-state index in [9.17, 15) is 4.79 Å². The molecule has 2 aromatic heterocycles. The molecular formula is C28H19BrN2O3S. The molecule has 6 aromatic rings. The summed E-state index contributed by atoms with van der Waals surface area (Å²) in [7, 11) is 1.61. The van der Waals surface area contributed by atoms with Crippen LogP contribution in [0.15, 0.2) is 88.1 Å². The van der Waals surface area contributed by atoms with Crippen molar-refractivity contribution in [3.63, 3.8) is 0 Å². The first-order valence-electron chi connectivity index (χ1n) is 11.0. The number of ether oxygens (including phenoxy) is 2. The number of thiazole rings is 1. The van der Waals surface area contributed by atoms with Crippen LogP contribution >= 0.6 is 27.3 Å². The van der Waals surface area contributed by atoms with E-state index in [0.717, 1.165) is 26.6 Å². The molecule has 0 N–H and O–H groups in total. The third kappa shape index (κ3) is 3.96. The summed E-state index contributed by atoms with van der Waals surface area (Å²) in [6.07, 6.45) is 1.86. The zero-order valence-corrected chi connectivity index (χ0v) is 21.1. The maximum atomic E-state index is 13.1. The number of benzene rings is 4. The lowest BCUT2D eigenvalue weighted by Crippen LogP contribution is -2.22. The van der Waals surface area contributed by atoms with Crippen molar-refractivity contribution in [2.75, 3.05) is 7.11 Å². The Labute approximate surface area is 213 Å². The molecule has 0 atom stereocenters. The topological polar surface area (TPSA) is 52.8 Å². The predicted octanol–water partition coefficient (Wildman–Crippen LogP) is 5.96. The number of para-hydroxylation sites is 2. The lowest BCUT2D eigenvalue weighted by molar-refractivity contribution is 0.282. The van der Waals surface area contributed by atoms with Gasteiger partial charge in [0.1, 0.15) is 6.61 Å². The third-order valence-electron chi connectivity index (χ3n) is 5.89. The van der Waals surface area contributed by atoms with Crippen molar-refractivity contribution in [3.05, 3.63) is 109 Å². The van der Waals surface area contributed by atoms with Gasteiger partial charge < -0.3 is 9.47 Å². The third-order valence-corrected chi connectivity index (χ3v) is 7.45. The monoisotopic (exact) mass is 542 g/mol. The van der Waals surface area contributed by atoms with E-state index in [1.807, 2.05) is 54.6 Å². The standard InChI is InChI=1S/C28H19BrN2O3S/c1-33-24-14-18(15-25-27(32)31-23-9-5-4-8-22(23)30-28(31)35-25)13-21(29)26(24)34-16-17-10-11-19-6-2-3-7-20(19)12-17/h2-15H,16H2,1H3. The van der Waals surface area contributed by atoms with Crippen LogP contribution in [0.1, 0.15) is 11.1 Å². The highest BCUT2D eigenvalue weighted by atomic mass is 79.9. The van der Waals surface area contributed by atoms with E-state index in [-0.39, 0.29) is 5.56 Å². The molecule has 0 saturated heterocycles. The molecule has 0 fully saturated rings. The summed E-state index contributed by atoms with van der Waals surface area (Å²) in [6.45, 7) is 0.406. The molecule has 2 heterocycles. The summed E-state index contributed by atoms with van der Waals surface area (Å²) in [5.74, 6) is 1.21. The van der Waals surface area contributed by atoms with Crippen molar-refractivity contribution in [1.29, 1.82) is 0 Å². The van der Waals surface area contributed by atoms with Gasteiger partial charge in [-0.2, -0.15) is 0 Å². The molecule has 0 saturated carbocycles. The number of rotatable bonds is 5. The fraction of sp³-hybridized carbons (Fsp3) is 0.0714. The first kappa shape index (κ1) is 21.8. The van der Waals surface area contributed by atoms with Crippen molar-refractivity contribution in [1.82, 2.24) is 9.38 Å². The van der Waals surface area contributed by atoms with Crippen molar-refractivity contribution in [2.45, 2.75) is 6.61 Å². The molecule has 35 heavy (non-hydrogen) atoms. The largest absolute Gasteiger partial charge is 0.493 e. The van der Waals surface area contributed by atoms with Crippen LogP contribution in [0.3, 0.4) is 0 Å².